The number of nitrogens with two attached hydrogens (primary N) is 1. The van der Waals surface area contributed by atoms with Crippen LogP contribution in [-0.2, 0) is 18.8 Å². The third kappa shape index (κ3) is 6.47. The highest BCUT2D eigenvalue weighted by atomic mass is 31.1. The van der Waals surface area contributed by atoms with Crippen molar-refractivity contribution in [3.8, 4) is 23.8 Å². The predicted molar refractivity (Wildman–Crippen MR) is 153 cm³/mol. The number of anilines is 2. The number of aliphatic hydroxyl groups is 1. The van der Waals surface area contributed by atoms with Gasteiger partial charge < -0.3 is 30.4 Å². The van der Waals surface area contributed by atoms with Crippen molar-refractivity contribution in [2.24, 2.45) is 0 Å². The van der Waals surface area contributed by atoms with E-state index in [0.717, 1.165) is 12.8 Å². The van der Waals surface area contributed by atoms with Gasteiger partial charge in [0.1, 0.15) is 24.9 Å². The number of halogens is 1. The Morgan fingerprint density at radius 1 is 1.33 bits per heavy atom. The second-order valence-electron chi connectivity index (χ2n) is 10.5. The fourth-order valence-corrected chi connectivity index (χ4v) is 5.22. The van der Waals surface area contributed by atoms with Crippen molar-refractivity contribution < 1.29 is 37.6 Å². The minimum absolute atomic E-state index is 0.0587. The summed E-state index contributed by atoms with van der Waals surface area (Å²) < 4.78 is 52.3. The van der Waals surface area contributed by atoms with Crippen molar-refractivity contribution in [2.75, 3.05) is 17.7 Å². The minimum Gasteiger partial charge on any atom is -0.487 e. The quantitative estimate of drug-likeness (QED) is 0.132. The molecule has 0 spiro atoms. The Balaban J connectivity index is 1.30. The van der Waals surface area contributed by atoms with Gasteiger partial charge in [-0.2, -0.15) is 9.97 Å². The van der Waals surface area contributed by atoms with Crippen LogP contribution in [0.15, 0.2) is 30.6 Å². The first-order valence-corrected chi connectivity index (χ1v) is 14.8. The number of nitrogens with zero attached hydrogens (tertiary/aromatic N) is 4. The van der Waals surface area contributed by atoms with E-state index in [1.165, 1.54) is 30.0 Å². The SMILES string of the molecule is C#C[C@@]1(F)[C@H](O)[C@@H](COc2ccccc2O[P+](=O)N[C@@H](C)C(=O)OC(C)C)O[C@H]1n1cnc2c(NC3CC3)nc(N)nc21. The van der Waals surface area contributed by atoms with Crippen LogP contribution in [-0.4, -0.2) is 73.3 Å². The Bertz CT molecular complexity index is 1560. The van der Waals surface area contributed by atoms with Crippen LogP contribution < -0.4 is 25.4 Å². The van der Waals surface area contributed by atoms with Gasteiger partial charge in [-0.05, 0) is 45.7 Å². The van der Waals surface area contributed by atoms with E-state index in [0.29, 0.717) is 11.3 Å². The molecule has 228 valence electrons. The summed E-state index contributed by atoms with van der Waals surface area (Å²) in [5, 5.41) is 16.7. The molecule has 1 unspecified atom stereocenters. The molecule has 0 amide bonds. The molecule has 43 heavy (non-hydrogen) atoms. The Kier molecular flexibility index (Phi) is 8.66. The Morgan fingerprint density at radius 3 is 2.72 bits per heavy atom. The zero-order chi connectivity index (χ0) is 30.9. The van der Waals surface area contributed by atoms with Gasteiger partial charge in [-0.15, -0.1) is 6.42 Å². The molecular formula is C27H32FN7O7P+. The lowest BCUT2D eigenvalue weighted by atomic mass is 9.97. The highest BCUT2D eigenvalue weighted by Crippen LogP contribution is 2.43. The zero-order valence-corrected chi connectivity index (χ0v) is 24.5. The number of nitrogens with one attached hydrogen (secondary N) is 2. The molecule has 1 aliphatic carbocycles. The average Bonchev–Trinajstić information content (AvgIpc) is 3.62. The number of carbonyl (C=O) groups is 1. The number of fused-ring (bicyclic) bond motifs is 1. The van der Waals surface area contributed by atoms with Crippen molar-refractivity contribution in [3.05, 3.63) is 30.6 Å². The van der Waals surface area contributed by atoms with Crippen LogP contribution in [0.25, 0.3) is 11.2 Å². The van der Waals surface area contributed by atoms with Crippen LogP contribution >= 0.6 is 8.18 Å². The first-order chi connectivity index (χ1) is 20.5. The van der Waals surface area contributed by atoms with E-state index in [1.54, 1.807) is 26.0 Å². The van der Waals surface area contributed by atoms with E-state index in [9.17, 15) is 14.5 Å². The molecule has 1 aromatic carbocycles. The molecule has 5 rings (SSSR count). The van der Waals surface area contributed by atoms with Crippen LogP contribution in [0.4, 0.5) is 16.2 Å². The van der Waals surface area contributed by atoms with Gasteiger partial charge in [0, 0.05) is 10.6 Å². The van der Waals surface area contributed by atoms with Gasteiger partial charge in [-0.25, -0.2) is 13.9 Å². The van der Waals surface area contributed by atoms with Gasteiger partial charge in [-0.3, -0.25) is 9.36 Å². The predicted octanol–water partition coefficient (Wildman–Crippen LogP) is 2.63. The summed E-state index contributed by atoms with van der Waals surface area (Å²) in [5.41, 5.74) is 3.75. The number of terminal acetylenes is 1. The van der Waals surface area contributed by atoms with Crippen molar-refractivity contribution in [1.82, 2.24) is 24.6 Å². The number of alkyl halides is 1. The fraction of sp³-hybridized carbons (Fsp3) is 0.481. The summed E-state index contributed by atoms with van der Waals surface area (Å²) in [7, 11) is -2.56. The van der Waals surface area contributed by atoms with Crippen molar-refractivity contribution in [3.63, 3.8) is 0 Å². The number of hydrogen-bond donors (Lipinski definition) is 4. The summed E-state index contributed by atoms with van der Waals surface area (Å²) >= 11 is 0. The van der Waals surface area contributed by atoms with Gasteiger partial charge >= 0.3 is 14.1 Å². The topological polar surface area (TPSA) is 185 Å². The van der Waals surface area contributed by atoms with Crippen LogP contribution in [0.3, 0.4) is 0 Å². The number of nitrogen functional groups attached to an aromatic ring is 1. The zero-order valence-electron chi connectivity index (χ0n) is 23.6. The summed E-state index contributed by atoms with van der Waals surface area (Å²) in [5.74, 6) is 1.97. The standard InChI is InChI=1S/C27H32FN7O7P/c1-5-27(28)21(36)19(41-25(27)35-13-30-20-22(31-16-10-11-16)32-26(29)33-23(20)35)12-39-17-8-6-7-9-18(17)42-43(38)34-15(4)24(37)40-14(2)3/h1,6-9,13-16,19,21,25,36H,10-12H2,2-4H3,(H,34,38)(H3,29,31,32,33)/q+1/t15-,19+,21+,25+,27+/m0/s1. The van der Waals surface area contributed by atoms with Crippen LogP contribution in [0.1, 0.15) is 39.8 Å². The molecule has 1 saturated heterocycles. The molecule has 0 bridgehead atoms. The number of benzene rings is 1. The number of ether oxygens (including phenoxy) is 3. The molecule has 14 nitrogen and oxygen atoms in total. The lowest BCUT2D eigenvalue weighted by Crippen LogP contribution is -2.42. The molecule has 3 heterocycles. The lowest BCUT2D eigenvalue weighted by molar-refractivity contribution is -0.148. The summed E-state index contributed by atoms with van der Waals surface area (Å²) in [6.07, 6.45) is 3.92. The molecule has 16 heteroatoms. The maximum absolute atomic E-state index is 16.2. The van der Waals surface area contributed by atoms with Gasteiger partial charge in [0.2, 0.25) is 17.4 Å². The van der Waals surface area contributed by atoms with Gasteiger partial charge in [-0.1, -0.05) is 23.1 Å². The summed E-state index contributed by atoms with van der Waals surface area (Å²) in [6.45, 7) is 4.53. The Labute approximate surface area is 247 Å². The molecule has 2 fully saturated rings. The van der Waals surface area contributed by atoms with Crippen molar-refractivity contribution in [2.45, 2.75) is 75.9 Å². The maximum Gasteiger partial charge on any atom is 0.664 e. The van der Waals surface area contributed by atoms with E-state index in [-0.39, 0.29) is 41.8 Å². The Hall–Kier alpha value is -4.09. The van der Waals surface area contributed by atoms with Crippen LogP contribution in [0.2, 0.25) is 0 Å². The number of hydrogen-bond acceptors (Lipinski definition) is 12. The van der Waals surface area contributed by atoms with Gasteiger partial charge in [0.25, 0.3) is 0 Å². The molecular weight excluding hydrogens is 584 g/mol. The summed E-state index contributed by atoms with van der Waals surface area (Å²) in [6, 6.07) is 5.61. The van der Waals surface area contributed by atoms with Gasteiger partial charge in [0.05, 0.1) is 12.4 Å². The number of rotatable bonds is 12. The molecule has 3 aromatic rings. The number of aromatic nitrogens is 4. The highest BCUT2D eigenvalue weighted by Gasteiger charge is 2.58. The van der Waals surface area contributed by atoms with Crippen molar-refractivity contribution in [1.29, 1.82) is 0 Å². The lowest BCUT2D eigenvalue weighted by Gasteiger charge is -2.23. The molecule has 2 aromatic heterocycles. The van der Waals surface area contributed by atoms with E-state index < -0.39 is 44.3 Å². The second kappa shape index (κ2) is 12.3. The highest BCUT2D eigenvalue weighted by molar-refractivity contribution is 7.37. The largest absolute Gasteiger partial charge is 0.664 e. The smallest absolute Gasteiger partial charge is 0.487 e. The molecule has 1 aliphatic heterocycles. The first kappa shape index (κ1) is 30.4. The fourth-order valence-electron chi connectivity index (χ4n) is 4.41. The minimum atomic E-state index is -2.69. The second-order valence-corrected chi connectivity index (χ2v) is 11.5. The average molecular weight is 617 g/mol. The number of aliphatic hydroxyl groups excluding tert-OH is 1. The van der Waals surface area contributed by atoms with E-state index in [1.807, 2.05) is 5.92 Å². The van der Waals surface area contributed by atoms with E-state index in [2.05, 4.69) is 25.4 Å². The van der Waals surface area contributed by atoms with Crippen LogP contribution in [0.5, 0.6) is 11.5 Å². The third-order valence-electron chi connectivity index (χ3n) is 6.71. The molecule has 6 atom stereocenters. The maximum atomic E-state index is 16.2. The number of para-hydroxylation sites is 2. The molecule has 5 N–H and O–H groups in total. The Morgan fingerprint density at radius 2 is 2.05 bits per heavy atom. The van der Waals surface area contributed by atoms with Crippen molar-refractivity contribution >= 4 is 37.1 Å². The normalized spacial score (nSPS) is 24.4. The molecule has 0 radical (unpaired) electrons. The molecule has 2 aliphatic rings. The third-order valence-corrected chi connectivity index (χ3v) is 7.68. The van der Waals surface area contributed by atoms with Crippen LogP contribution in [0, 0.1) is 12.3 Å². The molecule has 1 saturated carbocycles. The first-order valence-electron chi connectivity index (χ1n) is 13.6. The monoisotopic (exact) mass is 616 g/mol. The van der Waals surface area contributed by atoms with Gasteiger partial charge in [0.15, 0.2) is 29.0 Å². The van der Waals surface area contributed by atoms with E-state index in [4.69, 9.17) is 30.9 Å². The number of carbonyl (C=O) groups excluding carboxylic acids is 1. The number of imidazole rings is 1. The number of esters is 1. The van der Waals surface area contributed by atoms with E-state index >= 15 is 4.39 Å². The summed E-state index contributed by atoms with van der Waals surface area (Å²) in [4.78, 5) is 24.8.